The van der Waals surface area contributed by atoms with Gasteiger partial charge in [-0.25, -0.2) is 0 Å². The molecule has 0 aromatic carbocycles. The average Bonchev–Trinajstić information content (AvgIpc) is 2.19. The van der Waals surface area contributed by atoms with Gasteiger partial charge in [0.05, 0.1) is 10.6 Å². The molecular formula is C7H14N2O3. The van der Waals surface area contributed by atoms with Crippen molar-refractivity contribution >= 4 is 6.29 Å². The van der Waals surface area contributed by atoms with E-state index in [1.165, 1.54) is 19.3 Å². The van der Waals surface area contributed by atoms with Crippen LogP contribution in [0.15, 0.2) is 10.6 Å². The van der Waals surface area contributed by atoms with Crippen LogP contribution in [0.3, 0.4) is 0 Å². The van der Waals surface area contributed by atoms with Crippen LogP contribution in [0.4, 0.5) is 0 Å². The molecule has 0 saturated heterocycles. The molecule has 0 bridgehead atoms. The number of carbonyl (C=O) groups is 1. The van der Waals surface area contributed by atoms with Gasteiger partial charge in [0.2, 0.25) is 0 Å². The van der Waals surface area contributed by atoms with Gasteiger partial charge in [-0.1, -0.05) is 19.3 Å². The van der Waals surface area contributed by atoms with Crippen LogP contribution in [0.2, 0.25) is 0 Å². The summed E-state index contributed by atoms with van der Waals surface area (Å²) >= 11 is 0. The normalized spacial score (nSPS) is 18.3. The highest BCUT2D eigenvalue weighted by atomic mass is 16.5. The summed E-state index contributed by atoms with van der Waals surface area (Å²) in [4.78, 5) is 10.2. The second kappa shape index (κ2) is 7.97. The van der Waals surface area contributed by atoms with E-state index in [0.717, 1.165) is 19.1 Å². The Kier molecular flexibility index (Phi) is 7.22. The van der Waals surface area contributed by atoms with Gasteiger partial charge in [0.25, 0.3) is 0 Å². The first-order chi connectivity index (χ1) is 5.85. The molecule has 0 aromatic rings. The highest BCUT2D eigenvalue weighted by molar-refractivity contribution is 5.53. The third-order valence-electron chi connectivity index (χ3n) is 1.88. The minimum atomic E-state index is 0.406. The minimum Gasteiger partial charge on any atom is -0.392 e. The van der Waals surface area contributed by atoms with Crippen molar-refractivity contribution in [2.75, 3.05) is 0 Å². The van der Waals surface area contributed by atoms with Gasteiger partial charge in [0.15, 0.2) is 0 Å². The second-order valence-electron chi connectivity index (χ2n) is 2.71. The second-order valence-corrected chi connectivity index (χ2v) is 2.71. The summed E-state index contributed by atoms with van der Waals surface area (Å²) in [6.07, 6.45) is 7.27. The van der Waals surface area contributed by atoms with Crippen molar-refractivity contribution in [3.8, 4) is 0 Å². The topological polar surface area (TPSA) is 82.2 Å². The molecule has 1 rings (SSSR count). The molecule has 0 heterocycles. The Labute approximate surface area is 71.0 Å². The fourth-order valence-electron chi connectivity index (χ4n) is 1.27. The van der Waals surface area contributed by atoms with Crippen LogP contribution in [-0.2, 0) is 4.79 Å². The standard InChI is InChI=1S/C7H12O.H2N2O2/c8-6-7-4-2-1-3-5-7;3-1-2-4/h6-7H,1-5H2;(H,1,4)(H,2,3). The molecule has 1 aliphatic rings. The van der Waals surface area contributed by atoms with Gasteiger partial charge in [-0.3, -0.25) is 0 Å². The number of hydrogen-bond acceptors (Lipinski definition) is 3. The SMILES string of the molecule is O=CC1CCCCC1.ON=NO. The molecule has 70 valence electrons. The summed E-state index contributed by atoms with van der Waals surface area (Å²) in [5.74, 6) is 0.406. The van der Waals surface area contributed by atoms with E-state index < -0.39 is 0 Å². The molecule has 0 amide bonds. The molecule has 5 heteroatoms. The van der Waals surface area contributed by atoms with Gasteiger partial charge < -0.3 is 15.2 Å². The van der Waals surface area contributed by atoms with Crippen molar-refractivity contribution in [3.05, 3.63) is 0 Å². The van der Waals surface area contributed by atoms with E-state index in [2.05, 4.69) is 0 Å². The summed E-state index contributed by atoms with van der Waals surface area (Å²) in [5.41, 5.74) is 0. The summed E-state index contributed by atoms with van der Waals surface area (Å²) in [5, 5.41) is 18.0. The first-order valence-electron chi connectivity index (χ1n) is 3.99. The Bertz CT molecular complexity index is 129. The van der Waals surface area contributed by atoms with Gasteiger partial charge in [0, 0.05) is 5.92 Å². The van der Waals surface area contributed by atoms with E-state index in [4.69, 9.17) is 10.4 Å². The van der Waals surface area contributed by atoms with Crippen molar-refractivity contribution in [1.29, 1.82) is 0 Å². The van der Waals surface area contributed by atoms with E-state index in [-0.39, 0.29) is 0 Å². The molecule has 1 fully saturated rings. The van der Waals surface area contributed by atoms with Crippen molar-refractivity contribution < 1.29 is 15.2 Å². The number of rotatable bonds is 1. The zero-order valence-corrected chi connectivity index (χ0v) is 6.89. The lowest BCUT2D eigenvalue weighted by Gasteiger charge is -2.14. The summed E-state index contributed by atoms with van der Waals surface area (Å²) in [6, 6.07) is 0. The van der Waals surface area contributed by atoms with Crippen molar-refractivity contribution in [2.24, 2.45) is 16.5 Å². The quantitative estimate of drug-likeness (QED) is 0.362. The largest absolute Gasteiger partial charge is 0.392 e. The molecule has 2 N–H and O–H groups in total. The average molecular weight is 174 g/mol. The van der Waals surface area contributed by atoms with Crippen molar-refractivity contribution in [3.63, 3.8) is 0 Å². The fraction of sp³-hybridized carbons (Fsp3) is 0.857. The Hall–Kier alpha value is -1.13. The molecular weight excluding hydrogens is 160 g/mol. The lowest BCUT2D eigenvalue weighted by atomic mass is 9.91. The minimum absolute atomic E-state index is 0.406. The highest BCUT2D eigenvalue weighted by Crippen LogP contribution is 2.21. The van der Waals surface area contributed by atoms with Crippen LogP contribution in [0, 0.1) is 5.92 Å². The maximum Gasteiger partial charge on any atom is 0.123 e. The van der Waals surface area contributed by atoms with Crippen LogP contribution in [0.25, 0.3) is 0 Å². The number of carbonyl (C=O) groups excluding carboxylic acids is 1. The van der Waals surface area contributed by atoms with Crippen molar-refractivity contribution in [2.45, 2.75) is 32.1 Å². The molecule has 1 saturated carbocycles. The van der Waals surface area contributed by atoms with Gasteiger partial charge in [0.1, 0.15) is 6.29 Å². The highest BCUT2D eigenvalue weighted by Gasteiger charge is 2.10. The van der Waals surface area contributed by atoms with Gasteiger partial charge >= 0.3 is 0 Å². The monoisotopic (exact) mass is 174 g/mol. The zero-order chi connectivity index (χ0) is 9.23. The van der Waals surface area contributed by atoms with E-state index in [1.807, 2.05) is 10.6 Å². The van der Waals surface area contributed by atoms with E-state index >= 15 is 0 Å². The molecule has 5 nitrogen and oxygen atoms in total. The molecule has 0 atom stereocenters. The van der Waals surface area contributed by atoms with Crippen molar-refractivity contribution in [1.82, 2.24) is 0 Å². The van der Waals surface area contributed by atoms with Crippen LogP contribution in [-0.4, -0.2) is 16.7 Å². The summed E-state index contributed by atoms with van der Waals surface area (Å²) in [7, 11) is 0. The Morgan fingerprint density at radius 1 is 1.08 bits per heavy atom. The lowest BCUT2D eigenvalue weighted by Crippen LogP contribution is -2.06. The fourth-order valence-corrected chi connectivity index (χ4v) is 1.27. The summed E-state index contributed by atoms with van der Waals surface area (Å²) < 4.78 is 0. The number of aldehydes is 1. The van der Waals surface area contributed by atoms with Gasteiger partial charge in [-0.2, -0.15) is 0 Å². The number of nitrogens with zero attached hydrogens (tertiary/aromatic N) is 2. The third-order valence-corrected chi connectivity index (χ3v) is 1.88. The van der Waals surface area contributed by atoms with E-state index in [0.29, 0.717) is 5.92 Å². The Balaban J connectivity index is 0.000000261. The molecule has 0 aliphatic heterocycles. The molecule has 0 spiro atoms. The van der Waals surface area contributed by atoms with Crippen LogP contribution in [0.1, 0.15) is 32.1 Å². The number of hydrogen-bond donors (Lipinski definition) is 2. The lowest BCUT2D eigenvalue weighted by molar-refractivity contribution is -0.111. The first kappa shape index (κ1) is 10.9. The predicted molar refractivity (Wildman–Crippen MR) is 41.1 cm³/mol. The zero-order valence-electron chi connectivity index (χ0n) is 6.89. The molecule has 0 aromatic heterocycles. The van der Waals surface area contributed by atoms with E-state index in [9.17, 15) is 4.79 Å². The molecule has 1 aliphatic carbocycles. The van der Waals surface area contributed by atoms with E-state index in [1.54, 1.807) is 0 Å². The Morgan fingerprint density at radius 2 is 1.58 bits per heavy atom. The molecule has 12 heavy (non-hydrogen) atoms. The van der Waals surface area contributed by atoms with Gasteiger partial charge in [-0.15, -0.1) is 0 Å². The maximum absolute atomic E-state index is 10.2. The van der Waals surface area contributed by atoms with Crippen LogP contribution >= 0.6 is 0 Å². The Morgan fingerprint density at radius 3 is 1.83 bits per heavy atom. The third kappa shape index (κ3) is 5.64. The van der Waals surface area contributed by atoms with Crippen LogP contribution < -0.4 is 0 Å². The first-order valence-corrected chi connectivity index (χ1v) is 3.99. The molecule has 0 radical (unpaired) electrons. The maximum atomic E-state index is 10.2. The predicted octanol–water partition coefficient (Wildman–Crippen LogP) is 1.98. The smallest absolute Gasteiger partial charge is 0.123 e. The molecule has 0 unspecified atom stereocenters. The summed E-state index contributed by atoms with van der Waals surface area (Å²) in [6.45, 7) is 0. The van der Waals surface area contributed by atoms with Crippen LogP contribution in [0.5, 0.6) is 0 Å². The van der Waals surface area contributed by atoms with Gasteiger partial charge in [-0.05, 0) is 12.8 Å².